The average molecular weight is 391 g/mol. The van der Waals surface area contributed by atoms with E-state index in [0.717, 1.165) is 11.1 Å². The molecule has 1 aromatic carbocycles. The number of aromatic nitrogens is 3. The van der Waals surface area contributed by atoms with Crippen molar-refractivity contribution in [3.8, 4) is 11.4 Å². The van der Waals surface area contributed by atoms with Crippen LogP contribution in [0.2, 0.25) is 0 Å². The number of benzene rings is 1. The van der Waals surface area contributed by atoms with Gasteiger partial charge in [-0.05, 0) is 25.5 Å². The topological polar surface area (TPSA) is 75.4 Å². The first-order valence-corrected chi connectivity index (χ1v) is 10.0. The minimum absolute atomic E-state index is 0.0502. The molecular formula is C22H25N5O2. The van der Waals surface area contributed by atoms with Crippen LogP contribution < -0.4 is 0 Å². The van der Waals surface area contributed by atoms with E-state index in [0.29, 0.717) is 37.9 Å². The highest BCUT2D eigenvalue weighted by Gasteiger charge is 2.41. The minimum Gasteiger partial charge on any atom is -0.339 e. The van der Waals surface area contributed by atoms with Crippen molar-refractivity contribution in [2.24, 2.45) is 0 Å². The summed E-state index contributed by atoms with van der Waals surface area (Å²) in [4.78, 5) is 25.6. The lowest BCUT2D eigenvalue weighted by Crippen LogP contribution is -2.42. The summed E-state index contributed by atoms with van der Waals surface area (Å²) in [5, 5.41) is 4.18. The highest BCUT2D eigenvalue weighted by molar-refractivity contribution is 5.75. The molecule has 29 heavy (non-hydrogen) atoms. The fourth-order valence-electron chi connectivity index (χ4n) is 3.93. The fourth-order valence-corrected chi connectivity index (χ4v) is 3.93. The number of urea groups is 1. The molecule has 1 fully saturated rings. The Morgan fingerprint density at radius 3 is 2.55 bits per heavy atom. The first-order chi connectivity index (χ1) is 14.2. The van der Waals surface area contributed by atoms with Gasteiger partial charge in [0.1, 0.15) is 0 Å². The van der Waals surface area contributed by atoms with Gasteiger partial charge in [0, 0.05) is 50.1 Å². The zero-order valence-corrected chi connectivity index (χ0v) is 16.7. The van der Waals surface area contributed by atoms with E-state index in [-0.39, 0.29) is 17.9 Å². The first-order valence-electron chi connectivity index (χ1n) is 10.0. The van der Waals surface area contributed by atoms with Crippen LogP contribution in [0.25, 0.3) is 11.4 Å². The van der Waals surface area contributed by atoms with Crippen molar-refractivity contribution >= 4 is 6.03 Å². The number of rotatable bonds is 5. The zero-order valence-electron chi connectivity index (χ0n) is 16.7. The van der Waals surface area contributed by atoms with E-state index in [4.69, 9.17) is 4.52 Å². The van der Waals surface area contributed by atoms with Crippen molar-refractivity contribution in [2.45, 2.75) is 25.7 Å². The van der Waals surface area contributed by atoms with Gasteiger partial charge in [-0.2, -0.15) is 4.98 Å². The van der Waals surface area contributed by atoms with E-state index in [1.807, 2.05) is 72.3 Å². The molecule has 1 aliphatic rings. The fraction of sp³-hybridized carbons (Fsp3) is 0.364. The molecule has 0 aliphatic carbocycles. The Labute approximate surface area is 170 Å². The quantitative estimate of drug-likeness (QED) is 0.662. The van der Waals surface area contributed by atoms with Crippen molar-refractivity contribution in [1.82, 2.24) is 24.9 Å². The van der Waals surface area contributed by atoms with Crippen LogP contribution >= 0.6 is 0 Å². The number of carbonyl (C=O) groups excluding carboxylic acids is 1. The van der Waals surface area contributed by atoms with E-state index in [1.54, 1.807) is 6.20 Å². The SMILES string of the molecule is CCN(CC)C(=O)N1C[C@@H](c2cccnc2)[C@H](c2nc(-c3ccccc3)no2)C1. The molecule has 0 bridgehead atoms. The Kier molecular flexibility index (Phi) is 5.55. The average Bonchev–Trinajstić information content (AvgIpc) is 3.43. The lowest BCUT2D eigenvalue weighted by molar-refractivity contribution is 0.166. The van der Waals surface area contributed by atoms with Crippen LogP contribution in [0.5, 0.6) is 0 Å². The van der Waals surface area contributed by atoms with Crippen molar-refractivity contribution in [1.29, 1.82) is 0 Å². The van der Waals surface area contributed by atoms with Gasteiger partial charge in [-0.25, -0.2) is 4.79 Å². The van der Waals surface area contributed by atoms with Gasteiger partial charge < -0.3 is 14.3 Å². The second-order valence-electron chi connectivity index (χ2n) is 7.18. The van der Waals surface area contributed by atoms with Gasteiger partial charge in [-0.3, -0.25) is 4.98 Å². The van der Waals surface area contributed by atoms with Crippen molar-refractivity contribution in [3.63, 3.8) is 0 Å². The number of amides is 2. The molecule has 0 unspecified atom stereocenters. The Bertz CT molecular complexity index is 940. The van der Waals surface area contributed by atoms with Gasteiger partial charge in [-0.1, -0.05) is 41.6 Å². The molecule has 4 rings (SSSR count). The number of likely N-dealkylation sites (tertiary alicyclic amines) is 1. The Balaban J connectivity index is 1.64. The molecule has 0 saturated carbocycles. The first kappa shape index (κ1) is 19.1. The molecule has 3 heterocycles. The molecule has 2 aromatic heterocycles. The predicted octanol–water partition coefficient (Wildman–Crippen LogP) is 3.78. The van der Waals surface area contributed by atoms with E-state index in [1.165, 1.54) is 0 Å². The van der Waals surface area contributed by atoms with E-state index < -0.39 is 0 Å². The summed E-state index contributed by atoms with van der Waals surface area (Å²) in [6.45, 7) is 6.52. The smallest absolute Gasteiger partial charge is 0.320 e. The van der Waals surface area contributed by atoms with Gasteiger partial charge in [0.2, 0.25) is 11.7 Å². The molecule has 0 spiro atoms. The number of hydrogen-bond acceptors (Lipinski definition) is 5. The van der Waals surface area contributed by atoms with Gasteiger partial charge in [0.05, 0.1) is 5.92 Å². The summed E-state index contributed by atoms with van der Waals surface area (Å²) in [6, 6.07) is 13.8. The maximum Gasteiger partial charge on any atom is 0.320 e. The number of pyridine rings is 1. The molecule has 2 amide bonds. The second kappa shape index (κ2) is 8.43. The highest BCUT2D eigenvalue weighted by atomic mass is 16.5. The molecular weight excluding hydrogens is 366 g/mol. The summed E-state index contributed by atoms with van der Waals surface area (Å²) >= 11 is 0. The van der Waals surface area contributed by atoms with Crippen molar-refractivity contribution in [2.75, 3.05) is 26.2 Å². The summed E-state index contributed by atoms with van der Waals surface area (Å²) in [6.07, 6.45) is 3.62. The summed E-state index contributed by atoms with van der Waals surface area (Å²) in [5.41, 5.74) is 1.99. The third-order valence-corrected chi connectivity index (χ3v) is 5.53. The third-order valence-electron chi connectivity index (χ3n) is 5.53. The van der Waals surface area contributed by atoms with E-state index >= 15 is 0 Å². The monoisotopic (exact) mass is 391 g/mol. The Hall–Kier alpha value is -3.22. The molecule has 0 radical (unpaired) electrons. The van der Waals surface area contributed by atoms with Gasteiger partial charge in [0.25, 0.3) is 0 Å². The van der Waals surface area contributed by atoms with Crippen molar-refractivity contribution in [3.05, 3.63) is 66.3 Å². The molecule has 1 aliphatic heterocycles. The molecule has 150 valence electrons. The predicted molar refractivity (Wildman–Crippen MR) is 109 cm³/mol. The van der Waals surface area contributed by atoms with Crippen LogP contribution in [0.3, 0.4) is 0 Å². The standard InChI is InChI=1S/C22H25N5O2/c1-3-26(4-2)22(28)27-14-18(17-11-8-12-23-13-17)19(15-27)21-24-20(25-29-21)16-9-6-5-7-10-16/h5-13,18-19H,3-4,14-15H2,1-2H3/t18-,19+/m0/s1. The molecule has 3 aromatic rings. The lowest BCUT2D eigenvalue weighted by Gasteiger charge is -2.26. The highest BCUT2D eigenvalue weighted by Crippen LogP contribution is 2.39. The molecule has 7 heteroatoms. The van der Waals surface area contributed by atoms with Crippen molar-refractivity contribution < 1.29 is 9.32 Å². The van der Waals surface area contributed by atoms with E-state index in [9.17, 15) is 4.79 Å². The van der Waals surface area contributed by atoms with Crippen LogP contribution in [0.15, 0.2) is 59.4 Å². The molecule has 7 nitrogen and oxygen atoms in total. The van der Waals surface area contributed by atoms with Gasteiger partial charge in [-0.15, -0.1) is 0 Å². The van der Waals surface area contributed by atoms with Crippen LogP contribution in [-0.2, 0) is 0 Å². The van der Waals surface area contributed by atoms with E-state index in [2.05, 4.69) is 15.1 Å². The lowest BCUT2D eigenvalue weighted by atomic mass is 9.90. The summed E-state index contributed by atoms with van der Waals surface area (Å²) in [7, 11) is 0. The number of carbonyl (C=O) groups is 1. The molecule has 0 N–H and O–H groups in total. The number of hydrogen-bond donors (Lipinski definition) is 0. The van der Waals surface area contributed by atoms with Crippen LogP contribution in [0.4, 0.5) is 4.79 Å². The Morgan fingerprint density at radius 2 is 1.86 bits per heavy atom. The van der Waals surface area contributed by atoms with Gasteiger partial charge in [0.15, 0.2) is 0 Å². The minimum atomic E-state index is -0.0660. The zero-order chi connectivity index (χ0) is 20.2. The van der Waals surface area contributed by atoms with Crippen LogP contribution in [0, 0.1) is 0 Å². The van der Waals surface area contributed by atoms with Crippen LogP contribution in [0.1, 0.15) is 37.1 Å². The maximum atomic E-state index is 13.0. The second-order valence-corrected chi connectivity index (χ2v) is 7.18. The van der Waals surface area contributed by atoms with Crippen LogP contribution in [-0.4, -0.2) is 57.1 Å². The van der Waals surface area contributed by atoms with Gasteiger partial charge >= 0.3 is 6.03 Å². The third kappa shape index (κ3) is 3.85. The molecule has 2 atom stereocenters. The molecule has 1 saturated heterocycles. The normalized spacial score (nSPS) is 18.8. The number of nitrogens with zero attached hydrogens (tertiary/aromatic N) is 5. The largest absolute Gasteiger partial charge is 0.339 e. The summed E-state index contributed by atoms with van der Waals surface area (Å²) in [5.74, 6) is 1.13. The Morgan fingerprint density at radius 1 is 1.10 bits per heavy atom. The maximum absolute atomic E-state index is 13.0. The summed E-state index contributed by atoms with van der Waals surface area (Å²) < 4.78 is 5.66.